The second-order valence-corrected chi connectivity index (χ2v) is 6.23. The van der Waals surface area contributed by atoms with Gasteiger partial charge in [-0.2, -0.15) is 0 Å². The van der Waals surface area contributed by atoms with Gasteiger partial charge in [-0.25, -0.2) is 4.39 Å². The molecule has 1 saturated carbocycles. The van der Waals surface area contributed by atoms with Crippen molar-refractivity contribution in [1.29, 1.82) is 0 Å². The summed E-state index contributed by atoms with van der Waals surface area (Å²) in [4.78, 5) is 27.0. The van der Waals surface area contributed by atoms with Crippen molar-refractivity contribution in [3.05, 3.63) is 30.1 Å². The van der Waals surface area contributed by atoms with Crippen molar-refractivity contribution in [2.75, 3.05) is 44.7 Å². The zero-order valence-corrected chi connectivity index (χ0v) is 13.5. The zero-order chi connectivity index (χ0) is 17.0. The van der Waals surface area contributed by atoms with Gasteiger partial charge < -0.3 is 15.4 Å². The lowest BCUT2D eigenvalue weighted by Gasteiger charge is -2.26. The molecule has 1 heterocycles. The third kappa shape index (κ3) is 3.73. The first-order valence-electron chi connectivity index (χ1n) is 8.26. The first kappa shape index (κ1) is 16.9. The molecule has 130 valence electrons. The van der Waals surface area contributed by atoms with E-state index in [2.05, 4.69) is 15.5 Å². The van der Waals surface area contributed by atoms with Crippen LogP contribution in [0.2, 0.25) is 0 Å². The molecule has 0 radical (unpaired) electrons. The number of benzene rings is 1. The number of nitrogens with one attached hydrogen (secondary N) is 2. The van der Waals surface area contributed by atoms with Crippen LogP contribution in [0.3, 0.4) is 0 Å². The molecule has 0 unspecified atom stereocenters. The minimum Gasteiger partial charge on any atom is -0.379 e. The van der Waals surface area contributed by atoms with E-state index >= 15 is 0 Å². The van der Waals surface area contributed by atoms with Gasteiger partial charge in [-0.1, -0.05) is 12.1 Å². The Bertz CT molecular complexity index is 613. The minimum atomic E-state index is -1.05. The van der Waals surface area contributed by atoms with Crippen molar-refractivity contribution in [1.82, 2.24) is 10.2 Å². The van der Waals surface area contributed by atoms with Crippen LogP contribution in [0.15, 0.2) is 24.3 Å². The number of hydrogen-bond donors (Lipinski definition) is 2. The molecule has 6 nitrogen and oxygen atoms in total. The highest BCUT2D eigenvalue weighted by atomic mass is 19.1. The first-order chi connectivity index (χ1) is 11.6. The van der Waals surface area contributed by atoms with Gasteiger partial charge in [0.05, 0.1) is 18.9 Å². The monoisotopic (exact) mass is 335 g/mol. The Kier molecular flexibility index (Phi) is 5.11. The van der Waals surface area contributed by atoms with E-state index in [1.54, 1.807) is 12.1 Å². The van der Waals surface area contributed by atoms with Crippen LogP contribution in [0.25, 0.3) is 0 Å². The van der Waals surface area contributed by atoms with E-state index in [-0.39, 0.29) is 11.6 Å². The van der Waals surface area contributed by atoms with Crippen LogP contribution in [-0.4, -0.2) is 56.1 Å². The molecule has 1 aromatic rings. The molecule has 2 amide bonds. The lowest BCUT2D eigenvalue weighted by atomic mass is 10.0. The second-order valence-electron chi connectivity index (χ2n) is 6.23. The third-order valence-electron chi connectivity index (χ3n) is 4.56. The minimum absolute atomic E-state index is 0.106. The maximum absolute atomic E-state index is 13.6. The predicted octanol–water partition coefficient (Wildman–Crippen LogP) is 0.993. The van der Waals surface area contributed by atoms with Crippen molar-refractivity contribution < 1.29 is 18.7 Å². The Morgan fingerprint density at radius 2 is 1.88 bits per heavy atom. The lowest BCUT2D eigenvalue weighted by Crippen LogP contribution is -2.45. The number of hydrogen-bond acceptors (Lipinski definition) is 4. The van der Waals surface area contributed by atoms with E-state index < -0.39 is 17.1 Å². The summed E-state index contributed by atoms with van der Waals surface area (Å²) in [7, 11) is 0. The van der Waals surface area contributed by atoms with Gasteiger partial charge in [0.1, 0.15) is 11.2 Å². The number of rotatable bonds is 6. The van der Waals surface area contributed by atoms with Crippen LogP contribution < -0.4 is 10.6 Å². The summed E-state index contributed by atoms with van der Waals surface area (Å²) in [5.41, 5.74) is -0.942. The molecule has 0 spiro atoms. The average molecular weight is 335 g/mol. The van der Waals surface area contributed by atoms with Gasteiger partial charge in [-0.3, -0.25) is 14.5 Å². The Balaban J connectivity index is 1.50. The second kappa shape index (κ2) is 7.27. The molecule has 2 aliphatic rings. The van der Waals surface area contributed by atoms with Crippen molar-refractivity contribution in [2.24, 2.45) is 5.41 Å². The van der Waals surface area contributed by atoms with Crippen molar-refractivity contribution in [3.63, 3.8) is 0 Å². The Labute approximate surface area is 140 Å². The van der Waals surface area contributed by atoms with E-state index in [1.807, 2.05) is 0 Å². The molecule has 2 fully saturated rings. The summed E-state index contributed by atoms with van der Waals surface area (Å²) in [5, 5.41) is 5.37. The standard InChI is InChI=1S/C17H22FN3O3/c18-13-3-1-2-4-14(13)20-16(23)17(5-6-17)15(22)19-7-8-21-9-11-24-12-10-21/h1-4H,5-12H2,(H,19,22)(H,20,23). The van der Waals surface area contributed by atoms with Crippen LogP contribution in [0.4, 0.5) is 10.1 Å². The van der Waals surface area contributed by atoms with Crippen molar-refractivity contribution >= 4 is 17.5 Å². The van der Waals surface area contributed by atoms with Gasteiger partial charge in [-0.05, 0) is 25.0 Å². The summed E-state index contributed by atoms with van der Waals surface area (Å²) < 4.78 is 18.9. The topological polar surface area (TPSA) is 70.7 Å². The SMILES string of the molecule is O=C(NCCN1CCOCC1)C1(C(=O)Nc2ccccc2F)CC1. The number of morpholine rings is 1. The Hall–Kier alpha value is -1.99. The van der Waals surface area contributed by atoms with Gasteiger partial charge in [0.2, 0.25) is 11.8 Å². The highest BCUT2D eigenvalue weighted by Crippen LogP contribution is 2.46. The van der Waals surface area contributed by atoms with E-state index in [0.29, 0.717) is 32.6 Å². The van der Waals surface area contributed by atoms with Crippen molar-refractivity contribution in [2.45, 2.75) is 12.8 Å². The third-order valence-corrected chi connectivity index (χ3v) is 4.56. The van der Waals surface area contributed by atoms with Crippen LogP contribution in [0.5, 0.6) is 0 Å². The molecule has 1 aromatic carbocycles. The number of amides is 2. The Morgan fingerprint density at radius 1 is 1.17 bits per heavy atom. The molecule has 1 aliphatic carbocycles. The van der Waals surface area contributed by atoms with Crippen LogP contribution in [0, 0.1) is 11.2 Å². The number of carbonyl (C=O) groups excluding carboxylic acids is 2. The van der Waals surface area contributed by atoms with Crippen molar-refractivity contribution in [3.8, 4) is 0 Å². The summed E-state index contributed by atoms with van der Waals surface area (Å²) in [6.07, 6.45) is 0.993. The van der Waals surface area contributed by atoms with E-state index in [9.17, 15) is 14.0 Å². The largest absolute Gasteiger partial charge is 0.379 e. The number of para-hydroxylation sites is 1. The zero-order valence-electron chi connectivity index (χ0n) is 13.5. The number of anilines is 1. The van der Waals surface area contributed by atoms with Gasteiger partial charge in [0, 0.05) is 26.2 Å². The highest BCUT2D eigenvalue weighted by molar-refractivity contribution is 6.13. The molecule has 2 N–H and O–H groups in total. The fourth-order valence-corrected chi connectivity index (χ4v) is 2.81. The van der Waals surface area contributed by atoms with E-state index in [1.165, 1.54) is 12.1 Å². The molecule has 24 heavy (non-hydrogen) atoms. The molecule has 7 heteroatoms. The molecule has 0 bridgehead atoms. The van der Waals surface area contributed by atoms with Crippen LogP contribution >= 0.6 is 0 Å². The van der Waals surface area contributed by atoms with Gasteiger partial charge >= 0.3 is 0 Å². The summed E-state index contributed by atoms with van der Waals surface area (Å²) in [6, 6.07) is 5.95. The predicted molar refractivity (Wildman–Crippen MR) is 87.0 cm³/mol. The van der Waals surface area contributed by atoms with Crippen LogP contribution in [0.1, 0.15) is 12.8 Å². The summed E-state index contributed by atoms with van der Waals surface area (Å²) in [5.74, 6) is -1.21. The van der Waals surface area contributed by atoms with E-state index in [4.69, 9.17) is 4.74 Å². The molecular weight excluding hydrogens is 313 g/mol. The van der Waals surface area contributed by atoms with E-state index in [0.717, 1.165) is 19.6 Å². The first-order valence-corrected chi connectivity index (χ1v) is 8.26. The molecule has 3 rings (SSSR count). The number of nitrogens with zero attached hydrogens (tertiary/aromatic N) is 1. The summed E-state index contributed by atoms with van der Waals surface area (Å²) >= 11 is 0. The van der Waals surface area contributed by atoms with Gasteiger partial charge in [-0.15, -0.1) is 0 Å². The highest BCUT2D eigenvalue weighted by Gasteiger charge is 2.56. The number of carbonyl (C=O) groups is 2. The van der Waals surface area contributed by atoms with Crippen LogP contribution in [-0.2, 0) is 14.3 Å². The quantitative estimate of drug-likeness (QED) is 0.761. The molecule has 0 aromatic heterocycles. The number of ether oxygens (including phenoxy) is 1. The Morgan fingerprint density at radius 3 is 2.54 bits per heavy atom. The lowest BCUT2D eigenvalue weighted by molar-refractivity contribution is -0.134. The molecular formula is C17H22FN3O3. The number of halogens is 1. The fraction of sp³-hybridized carbons (Fsp3) is 0.529. The normalized spacial score (nSPS) is 19.5. The molecule has 1 aliphatic heterocycles. The maximum Gasteiger partial charge on any atom is 0.240 e. The maximum atomic E-state index is 13.6. The molecule has 0 atom stereocenters. The van der Waals surface area contributed by atoms with Gasteiger partial charge in [0.15, 0.2) is 0 Å². The summed E-state index contributed by atoms with van der Waals surface area (Å²) in [6.45, 7) is 4.36. The fourth-order valence-electron chi connectivity index (χ4n) is 2.81. The smallest absolute Gasteiger partial charge is 0.240 e. The molecule has 1 saturated heterocycles. The van der Waals surface area contributed by atoms with Gasteiger partial charge in [0.25, 0.3) is 0 Å². The average Bonchev–Trinajstić information content (AvgIpc) is 3.40.